The van der Waals surface area contributed by atoms with Crippen molar-refractivity contribution in [2.45, 2.75) is 0 Å². The van der Waals surface area contributed by atoms with Crippen LogP contribution in [-0.2, 0) is 0 Å². The number of nitrogens with one attached hydrogen (secondary N) is 1. The van der Waals surface area contributed by atoms with Crippen molar-refractivity contribution in [1.82, 2.24) is 14.7 Å². The second-order valence-electron chi connectivity index (χ2n) is 6.40. The normalized spacial score (nSPS) is 11.2. The molecule has 2 heterocycles. The van der Waals surface area contributed by atoms with Crippen LogP contribution < -0.4 is 15.7 Å². The molecule has 0 amide bonds. The highest BCUT2D eigenvalue weighted by molar-refractivity contribution is 6.39. The van der Waals surface area contributed by atoms with E-state index in [-0.39, 0.29) is 17.2 Å². The second-order valence-corrected chi connectivity index (χ2v) is 7.22. The summed E-state index contributed by atoms with van der Waals surface area (Å²) in [5.74, 6) is 0.268. The standard InChI is InChI=1S/C21H15Cl2N5O3/c1-31-28-19-13(9-15(20(28)29)18-16(22)3-2-4-17(18)23)11-24-21(27-19)26-14-7-5-12(6-8-14)10-25-30/h2-11,30H,1H3,(H,24,26,27)/b25-10-. The van der Waals surface area contributed by atoms with Crippen molar-refractivity contribution in [1.29, 1.82) is 0 Å². The number of aromatic nitrogens is 3. The molecular weight excluding hydrogens is 441 g/mol. The zero-order chi connectivity index (χ0) is 22.0. The summed E-state index contributed by atoms with van der Waals surface area (Å²) in [4.78, 5) is 27.1. The smallest absolute Gasteiger partial charge is 0.293 e. The molecule has 0 bridgehead atoms. The monoisotopic (exact) mass is 455 g/mol. The number of hydrogen-bond acceptors (Lipinski definition) is 7. The van der Waals surface area contributed by atoms with E-state index in [4.69, 9.17) is 33.2 Å². The van der Waals surface area contributed by atoms with Crippen LogP contribution in [0, 0.1) is 0 Å². The highest BCUT2D eigenvalue weighted by atomic mass is 35.5. The van der Waals surface area contributed by atoms with Crippen LogP contribution in [0.2, 0.25) is 10.0 Å². The van der Waals surface area contributed by atoms with E-state index in [1.54, 1.807) is 54.7 Å². The SMILES string of the molecule is COn1c(=O)c(-c2c(Cl)cccc2Cl)cc2cnc(Nc3ccc(/C=N\O)cc3)nc21. The molecule has 0 spiro atoms. The molecule has 0 aliphatic heterocycles. The third-order valence-electron chi connectivity index (χ3n) is 4.49. The van der Waals surface area contributed by atoms with Crippen LogP contribution in [0.3, 0.4) is 0 Å². The number of anilines is 2. The number of halogens is 2. The number of nitrogens with zero attached hydrogens (tertiary/aromatic N) is 4. The van der Waals surface area contributed by atoms with E-state index < -0.39 is 5.56 Å². The Morgan fingerprint density at radius 3 is 2.52 bits per heavy atom. The van der Waals surface area contributed by atoms with Gasteiger partial charge in [-0.2, -0.15) is 4.98 Å². The maximum Gasteiger partial charge on any atom is 0.293 e. The molecule has 4 aromatic rings. The van der Waals surface area contributed by atoms with Crippen molar-refractivity contribution in [3.63, 3.8) is 0 Å². The molecule has 0 unspecified atom stereocenters. The number of benzene rings is 2. The van der Waals surface area contributed by atoms with Crippen molar-refractivity contribution in [3.05, 3.63) is 80.7 Å². The molecule has 0 saturated carbocycles. The van der Waals surface area contributed by atoms with Gasteiger partial charge in [0.2, 0.25) is 5.95 Å². The quantitative estimate of drug-likeness (QED) is 0.263. The zero-order valence-electron chi connectivity index (χ0n) is 16.1. The van der Waals surface area contributed by atoms with Gasteiger partial charge in [-0.3, -0.25) is 4.79 Å². The lowest BCUT2D eigenvalue weighted by Gasteiger charge is -2.13. The van der Waals surface area contributed by atoms with Crippen LogP contribution in [0.4, 0.5) is 11.6 Å². The second kappa shape index (κ2) is 8.63. The van der Waals surface area contributed by atoms with E-state index in [1.807, 2.05) is 0 Å². The van der Waals surface area contributed by atoms with Gasteiger partial charge in [0.15, 0.2) is 5.65 Å². The highest BCUT2D eigenvalue weighted by Crippen LogP contribution is 2.33. The Kier molecular flexibility index (Phi) is 5.75. The molecule has 31 heavy (non-hydrogen) atoms. The Bertz CT molecular complexity index is 1330. The lowest BCUT2D eigenvalue weighted by Crippen LogP contribution is -2.27. The molecule has 0 aliphatic rings. The molecule has 0 atom stereocenters. The summed E-state index contributed by atoms with van der Waals surface area (Å²) in [5.41, 5.74) is 1.95. The lowest BCUT2D eigenvalue weighted by molar-refractivity contribution is 0.168. The van der Waals surface area contributed by atoms with Crippen molar-refractivity contribution in [2.24, 2.45) is 5.16 Å². The van der Waals surface area contributed by atoms with Crippen LogP contribution in [0.5, 0.6) is 0 Å². The Labute approximate surface area is 186 Å². The maximum atomic E-state index is 13.1. The molecule has 0 saturated heterocycles. The topological polar surface area (TPSA) is 102 Å². The Balaban J connectivity index is 1.79. The Hall–Kier alpha value is -3.62. The first kappa shape index (κ1) is 20.6. The average Bonchev–Trinajstić information content (AvgIpc) is 2.76. The molecule has 0 radical (unpaired) electrons. The van der Waals surface area contributed by atoms with E-state index in [9.17, 15) is 4.79 Å². The summed E-state index contributed by atoms with van der Waals surface area (Å²) in [6, 6.07) is 13.7. The van der Waals surface area contributed by atoms with E-state index in [0.717, 1.165) is 10.3 Å². The summed E-state index contributed by atoms with van der Waals surface area (Å²) < 4.78 is 1.07. The summed E-state index contributed by atoms with van der Waals surface area (Å²) in [6.07, 6.45) is 2.89. The van der Waals surface area contributed by atoms with Gasteiger partial charge in [0.25, 0.3) is 5.56 Å². The lowest BCUT2D eigenvalue weighted by atomic mass is 10.1. The predicted octanol–water partition coefficient (Wildman–Crippen LogP) is 4.38. The van der Waals surface area contributed by atoms with Gasteiger partial charge >= 0.3 is 0 Å². The number of hydrogen-bond donors (Lipinski definition) is 2. The molecule has 156 valence electrons. The van der Waals surface area contributed by atoms with Crippen molar-refractivity contribution in [2.75, 3.05) is 12.4 Å². The van der Waals surface area contributed by atoms with E-state index in [1.165, 1.54) is 13.3 Å². The average molecular weight is 456 g/mol. The minimum absolute atomic E-state index is 0.268. The summed E-state index contributed by atoms with van der Waals surface area (Å²) in [7, 11) is 1.37. The minimum Gasteiger partial charge on any atom is -0.412 e. The van der Waals surface area contributed by atoms with Crippen molar-refractivity contribution < 1.29 is 10.0 Å². The van der Waals surface area contributed by atoms with Crippen LogP contribution in [-0.4, -0.2) is 33.2 Å². The van der Waals surface area contributed by atoms with Gasteiger partial charge in [-0.15, -0.1) is 4.73 Å². The van der Waals surface area contributed by atoms with Gasteiger partial charge in [0.1, 0.15) is 7.11 Å². The summed E-state index contributed by atoms with van der Waals surface area (Å²) in [6.45, 7) is 0. The number of rotatable bonds is 5. The van der Waals surface area contributed by atoms with Gasteiger partial charge in [-0.05, 0) is 35.9 Å². The molecule has 10 heteroatoms. The number of fused-ring (bicyclic) bond motifs is 1. The van der Waals surface area contributed by atoms with Gasteiger partial charge in [-0.1, -0.05) is 46.6 Å². The third-order valence-corrected chi connectivity index (χ3v) is 5.12. The molecule has 4 rings (SSSR count). The first-order valence-corrected chi connectivity index (χ1v) is 9.73. The maximum absolute atomic E-state index is 13.1. The highest BCUT2D eigenvalue weighted by Gasteiger charge is 2.18. The van der Waals surface area contributed by atoms with E-state index in [2.05, 4.69) is 20.4 Å². The number of oxime groups is 1. The fourth-order valence-corrected chi connectivity index (χ4v) is 3.68. The van der Waals surface area contributed by atoms with Gasteiger partial charge < -0.3 is 15.4 Å². The summed E-state index contributed by atoms with van der Waals surface area (Å²) in [5, 5.41) is 15.9. The van der Waals surface area contributed by atoms with E-state index in [0.29, 0.717) is 26.7 Å². The van der Waals surface area contributed by atoms with Crippen LogP contribution in [0.25, 0.3) is 22.2 Å². The summed E-state index contributed by atoms with van der Waals surface area (Å²) >= 11 is 12.6. The fraction of sp³-hybridized carbons (Fsp3) is 0.0476. The number of pyridine rings is 1. The Morgan fingerprint density at radius 1 is 1.16 bits per heavy atom. The fourth-order valence-electron chi connectivity index (χ4n) is 3.08. The van der Waals surface area contributed by atoms with Gasteiger partial charge in [-0.25, -0.2) is 4.98 Å². The molecular formula is C21H15Cl2N5O3. The van der Waals surface area contributed by atoms with Crippen molar-refractivity contribution in [3.8, 4) is 11.1 Å². The van der Waals surface area contributed by atoms with Gasteiger partial charge in [0, 0.05) is 22.8 Å². The molecule has 0 fully saturated rings. The zero-order valence-corrected chi connectivity index (χ0v) is 17.6. The molecule has 8 nitrogen and oxygen atoms in total. The molecule has 2 N–H and O–H groups in total. The first-order chi connectivity index (χ1) is 15.0. The van der Waals surface area contributed by atoms with E-state index >= 15 is 0 Å². The molecule has 2 aromatic heterocycles. The largest absolute Gasteiger partial charge is 0.412 e. The van der Waals surface area contributed by atoms with Crippen LogP contribution in [0.15, 0.2) is 64.7 Å². The van der Waals surface area contributed by atoms with Crippen LogP contribution >= 0.6 is 23.2 Å². The van der Waals surface area contributed by atoms with Crippen molar-refractivity contribution >= 4 is 52.1 Å². The predicted molar refractivity (Wildman–Crippen MR) is 121 cm³/mol. The first-order valence-electron chi connectivity index (χ1n) is 8.98. The minimum atomic E-state index is -0.456. The van der Waals surface area contributed by atoms with Gasteiger partial charge in [0.05, 0.1) is 21.8 Å². The molecule has 0 aliphatic carbocycles. The molecule has 2 aromatic carbocycles. The Morgan fingerprint density at radius 2 is 1.87 bits per heavy atom. The third kappa shape index (κ3) is 4.03. The van der Waals surface area contributed by atoms with Crippen LogP contribution in [0.1, 0.15) is 5.56 Å².